The maximum absolute atomic E-state index is 13.2. The first-order valence-electron chi connectivity index (χ1n) is 9.64. The molecule has 0 spiro atoms. The van der Waals surface area contributed by atoms with E-state index in [2.05, 4.69) is 15.5 Å². The molecule has 0 aliphatic heterocycles. The van der Waals surface area contributed by atoms with Gasteiger partial charge < -0.3 is 20.2 Å². The summed E-state index contributed by atoms with van der Waals surface area (Å²) < 4.78 is 7.37. The van der Waals surface area contributed by atoms with Crippen molar-refractivity contribution in [1.82, 2.24) is 14.8 Å². The Bertz CT molecular complexity index is 1350. The van der Waals surface area contributed by atoms with E-state index in [0.29, 0.717) is 5.00 Å². The number of aryl methyl sites for hydroxylation is 2. The number of thiophene rings is 1. The van der Waals surface area contributed by atoms with Crippen molar-refractivity contribution in [1.29, 1.82) is 0 Å². The van der Waals surface area contributed by atoms with Crippen molar-refractivity contribution in [3.8, 4) is 10.4 Å². The number of carbonyl (C=O) groups is 2. The number of carbonyl (C=O) groups excluding carboxylic acids is 2. The predicted octanol–water partition coefficient (Wildman–Crippen LogP) is 2.93. The van der Waals surface area contributed by atoms with E-state index in [1.807, 2.05) is 30.3 Å². The summed E-state index contributed by atoms with van der Waals surface area (Å²) in [5.74, 6) is -1.41. The maximum atomic E-state index is 13.2. The minimum atomic E-state index is -0.579. The summed E-state index contributed by atoms with van der Waals surface area (Å²) in [6.07, 6.45) is 0. The lowest BCUT2D eigenvalue weighted by molar-refractivity contribution is -0.682. The van der Waals surface area contributed by atoms with E-state index in [1.165, 1.54) is 22.9 Å². The first-order valence-corrected chi connectivity index (χ1v) is 10.5. The molecule has 1 aromatic carbocycles. The largest absolute Gasteiger partial charge is 0.462 e. The van der Waals surface area contributed by atoms with Crippen LogP contribution in [0.3, 0.4) is 0 Å². The molecule has 11 nitrogen and oxygen atoms in total. The van der Waals surface area contributed by atoms with Crippen molar-refractivity contribution in [3.05, 3.63) is 69.2 Å². The van der Waals surface area contributed by atoms with Gasteiger partial charge in [-0.25, -0.2) is 4.79 Å². The van der Waals surface area contributed by atoms with Crippen LogP contribution in [0, 0.1) is 24.0 Å². The van der Waals surface area contributed by atoms with E-state index >= 15 is 0 Å². The predicted molar refractivity (Wildman–Crippen MR) is 115 cm³/mol. The van der Waals surface area contributed by atoms with Crippen molar-refractivity contribution in [3.63, 3.8) is 0 Å². The average Bonchev–Trinajstić information content (AvgIpc) is 3.39. The van der Waals surface area contributed by atoms with Gasteiger partial charge in [0.25, 0.3) is 5.69 Å². The number of hydrogen-bond donors (Lipinski definition) is 2. The topological polar surface area (TPSA) is 136 Å². The highest BCUT2D eigenvalue weighted by molar-refractivity contribution is 7.20. The first-order chi connectivity index (χ1) is 15.3. The molecule has 12 heteroatoms. The number of fused-ring (bicyclic) bond motifs is 1. The van der Waals surface area contributed by atoms with Gasteiger partial charge in [-0.2, -0.15) is 5.10 Å². The number of aromatic amines is 1. The fraction of sp³-hybridized carbons (Fsp3) is 0.200. The lowest BCUT2D eigenvalue weighted by Gasteiger charge is -2.03. The van der Waals surface area contributed by atoms with Gasteiger partial charge in [-0.1, -0.05) is 30.3 Å². The second kappa shape index (κ2) is 8.23. The maximum Gasteiger partial charge on any atom is 0.436 e. The molecule has 0 aliphatic rings. The number of aromatic nitrogens is 4. The number of anilines is 1. The number of amides is 1. The Morgan fingerprint density at radius 1 is 1.31 bits per heavy atom. The number of ether oxygens (including phenoxy) is 1. The van der Waals surface area contributed by atoms with Gasteiger partial charge in [0.2, 0.25) is 0 Å². The van der Waals surface area contributed by atoms with Crippen molar-refractivity contribution >= 4 is 34.0 Å². The second-order valence-corrected chi connectivity index (χ2v) is 7.90. The van der Waals surface area contributed by atoms with Crippen LogP contribution < -0.4 is 9.95 Å². The van der Waals surface area contributed by atoms with Crippen molar-refractivity contribution in [2.75, 3.05) is 11.9 Å². The smallest absolute Gasteiger partial charge is 0.436 e. The molecule has 2 N–H and O–H groups in total. The van der Waals surface area contributed by atoms with Crippen molar-refractivity contribution < 1.29 is 23.9 Å². The first kappa shape index (κ1) is 21.2. The highest BCUT2D eigenvalue weighted by atomic mass is 32.1. The molecule has 3 aromatic heterocycles. The Hall–Kier alpha value is -4.06. The van der Waals surface area contributed by atoms with Crippen molar-refractivity contribution in [2.24, 2.45) is 0 Å². The number of esters is 1. The van der Waals surface area contributed by atoms with E-state index in [-0.39, 0.29) is 35.1 Å². The van der Waals surface area contributed by atoms with E-state index < -0.39 is 16.8 Å². The van der Waals surface area contributed by atoms with Gasteiger partial charge in [-0.15, -0.1) is 11.3 Å². The molecule has 0 atom stereocenters. The average molecular weight is 455 g/mol. The molecule has 0 aliphatic carbocycles. The van der Waals surface area contributed by atoms with Crippen LogP contribution in [0.1, 0.15) is 39.2 Å². The molecule has 0 fully saturated rings. The van der Waals surface area contributed by atoms with Gasteiger partial charge >= 0.3 is 23.4 Å². The van der Waals surface area contributed by atoms with Crippen LogP contribution in [0.4, 0.5) is 10.8 Å². The normalized spacial score (nSPS) is 11.0. The summed E-state index contributed by atoms with van der Waals surface area (Å²) >= 11 is 1.23. The monoisotopic (exact) mass is 455 g/mol. The molecule has 0 bridgehead atoms. The van der Waals surface area contributed by atoms with Crippen LogP contribution in [0.2, 0.25) is 0 Å². The number of nitrogens with one attached hydrogen (secondary N) is 2. The van der Waals surface area contributed by atoms with Gasteiger partial charge in [-0.05, 0) is 30.4 Å². The highest BCUT2D eigenvalue weighted by Gasteiger charge is 2.37. The number of benzene rings is 1. The second-order valence-electron chi connectivity index (χ2n) is 6.85. The van der Waals surface area contributed by atoms with E-state index in [4.69, 9.17) is 4.74 Å². The van der Waals surface area contributed by atoms with Gasteiger partial charge in [0, 0.05) is 16.4 Å². The Balaban J connectivity index is 1.75. The van der Waals surface area contributed by atoms with Gasteiger partial charge in [0.05, 0.1) is 12.2 Å². The number of rotatable bonds is 6. The molecular weight excluding hydrogens is 436 g/mol. The Labute approximate surface area is 185 Å². The lowest BCUT2D eigenvalue weighted by atomic mass is 10.1. The van der Waals surface area contributed by atoms with Crippen LogP contribution in [-0.2, 0) is 4.74 Å². The molecule has 4 aromatic rings. The summed E-state index contributed by atoms with van der Waals surface area (Å²) in [5, 5.41) is 21.3. The SMILES string of the molecule is CCOC(=O)c1cc(-c2ccccc2)sc1NC(=O)c1c(C)nn2c([N+](=O)[O-])c(C)[nH][n+]12. The zero-order valence-electron chi connectivity index (χ0n) is 17.4. The van der Waals surface area contributed by atoms with Crippen LogP contribution in [0.15, 0.2) is 36.4 Å². The fourth-order valence-corrected chi connectivity index (χ4v) is 4.35. The van der Waals surface area contributed by atoms with Crippen molar-refractivity contribution in [2.45, 2.75) is 20.8 Å². The van der Waals surface area contributed by atoms with E-state index in [1.54, 1.807) is 19.9 Å². The summed E-state index contributed by atoms with van der Waals surface area (Å²) in [4.78, 5) is 37.2. The van der Waals surface area contributed by atoms with E-state index in [0.717, 1.165) is 15.1 Å². The van der Waals surface area contributed by atoms with Crippen LogP contribution >= 0.6 is 11.3 Å². The summed E-state index contributed by atoms with van der Waals surface area (Å²) in [5.41, 5.74) is 1.71. The van der Waals surface area contributed by atoms with Crippen LogP contribution in [0.5, 0.6) is 0 Å². The van der Waals surface area contributed by atoms with Gasteiger partial charge in [-0.3, -0.25) is 4.79 Å². The third-order valence-electron chi connectivity index (χ3n) is 4.69. The highest BCUT2D eigenvalue weighted by Crippen LogP contribution is 2.36. The summed E-state index contributed by atoms with van der Waals surface area (Å²) in [6.45, 7) is 4.97. The summed E-state index contributed by atoms with van der Waals surface area (Å²) in [7, 11) is 0. The molecule has 0 saturated carbocycles. The molecular formula is C20H19N6O5S+. The molecule has 164 valence electrons. The molecule has 0 radical (unpaired) electrons. The zero-order valence-corrected chi connectivity index (χ0v) is 18.2. The van der Waals surface area contributed by atoms with Crippen LogP contribution in [-0.4, -0.2) is 38.2 Å². The fourth-order valence-electron chi connectivity index (χ4n) is 3.31. The third-order valence-corrected chi connectivity index (χ3v) is 5.79. The molecule has 32 heavy (non-hydrogen) atoms. The third kappa shape index (κ3) is 3.60. The number of nitrogens with zero attached hydrogens (tertiary/aromatic N) is 4. The molecule has 3 heterocycles. The Morgan fingerprint density at radius 2 is 2.03 bits per heavy atom. The number of hydrogen-bond acceptors (Lipinski definition) is 7. The van der Waals surface area contributed by atoms with Gasteiger partial charge in [0.15, 0.2) is 10.3 Å². The van der Waals surface area contributed by atoms with Gasteiger partial charge in [0.1, 0.15) is 10.1 Å². The lowest BCUT2D eigenvalue weighted by Crippen LogP contribution is -2.37. The standard InChI is InChI=1S/C20H18N6O5S/c1-4-31-20(28)14-10-15(13-8-6-5-7-9-13)32-18(14)21-17(27)16-11(2)22-25-19(26(29)30)12(3)23-24(16)25/h5-10H,4H2,1-3H3,(H-,21,22,23,27,28)/p+1. The quantitative estimate of drug-likeness (QED) is 0.199. The van der Waals surface area contributed by atoms with E-state index in [9.17, 15) is 19.7 Å². The molecule has 4 rings (SSSR count). The van der Waals surface area contributed by atoms with Crippen LogP contribution in [0.25, 0.3) is 10.4 Å². The minimum Gasteiger partial charge on any atom is -0.462 e. The zero-order chi connectivity index (χ0) is 23.0. The number of nitro groups is 1. The Morgan fingerprint density at radius 3 is 2.69 bits per heavy atom. The minimum absolute atomic E-state index is 0.0747. The number of H-pyrrole nitrogens is 1. The summed E-state index contributed by atoms with van der Waals surface area (Å²) in [6, 6.07) is 11.1. The Kier molecular flexibility index (Phi) is 5.45. The molecule has 1 amide bonds. The molecule has 0 unspecified atom stereocenters. The molecule has 0 saturated heterocycles.